The number of sulfonamides is 1. The van der Waals surface area contributed by atoms with E-state index < -0.39 is 34.1 Å². The predicted octanol–water partition coefficient (Wildman–Crippen LogP) is 3.57. The third-order valence-electron chi connectivity index (χ3n) is 5.00. The maximum atomic E-state index is 13.2. The van der Waals surface area contributed by atoms with E-state index in [9.17, 15) is 26.4 Å². The molecule has 0 aromatic heterocycles. The highest BCUT2D eigenvalue weighted by molar-refractivity contribution is 7.89. The largest absolute Gasteiger partial charge is 0.393 e. The third kappa shape index (κ3) is 5.01. The lowest BCUT2D eigenvalue weighted by Crippen LogP contribution is -2.47. The number of carbonyl (C=O) groups excluding carboxylic acids is 1. The highest BCUT2D eigenvalue weighted by Gasteiger charge is 2.46. The van der Waals surface area contributed by atoms with Crippen molar-refractivity contribution in [3.05, 3.63) is 29.8 Å². The normalized spacial score (nSPS) is 21.5. The smallest absolute Gasteiger partial charge is 0.349 e. The summed E-state index contributed by atoms with van der Waals surface area (Å²) in [6.45, 7) is 3.43. The second-order valence-corrected chi connectivity index (χ2v) is 9.15. The van der Waals surface area contributed by atoms with Crippen LogP contribution in [0, 0.1) is 5.92 Å². The Morgan fingerprint density at radius 1 is 1.22 bits per heavy atom. The van der Waals surface area contributed by atoms with Gasteiger partial charge in [0.05, 0.1) is 10.8 Å². The van der Waals surface area contributed by atoms with Gasteiger partial charge in [0, 0.05) is 24.7 Å². The van der Waals surface area contributed by atoms with E-state index in [4.69, 9.17) is 0 Å². The van der Waals surface area contributed by atoms with Crippen molar-refractivity contribution in [2.24, 2.45) is 5.92 Å². The summed E-state index contributed by atoms with van der Waals surface area (Å²) < 4.78 is 65.9. The molecule has 152 valence electrons. The predicted molar refractivity (Wildman–Crippen MR) is 95.8 cm³/mol. The second-order valence-electron chi connectivity index (χ2n) is 7.16. The zero-order valence-corrected chi connectivity index (χ0v) is 16.4. The molecule has 1 aromatic rings. The zero-order valence-electron chi connectivity index (χ0n) is 15.6. The molecule has 5 nitrogen and oxygen atoms in total. The molecule has 2 rings (SSSR count). The molecule has 1 amide bonds. The zero-order chi connectivity index (χ0) is 20.4. The number of hydrogen-bond acceptors (Lipinski definition) is 3. The van der Waals surface area contributed by atoms with Crippen molar-refractivity contribution >= 4 is 15.9 Å². The summed E-state index contributed by atoms with van der Waals surface area (Å²) in [6.07, 6.45) is -3.04. The number of benzene rings is 1. The Balaban J connectivity index is 2.22. The van der Waals surface area contributed by atoms with Crippen LogP contribution in [0.3, 0.4) is 0 Å². The summed E-state index contributed by atoms with van der Waals surface area (Å²) in [5, 5.41) is 2.46. The quantitative estimate of drug-likeness (QED) is 0.813. The van der Waals surface area contributed by atoms with Crippen LogP contribution < -0.4 is 5.32 Å². The fourth-order valence-corrected chi connectivity index (χ4v) is 4.60. The van der Waals surface area contributed by atoms with Gasteiger partial charge < -0.3 is 5.32 Å². The van der Waals surface area contributed by atoms with Gasteiger partial charge in [0.25, 0.3) is 5.91 Å². The van der Waals surface area contributed by atoms with E-state index in [1.54, 1.807) is 13.8 Å². The van der Waals surface area contributed by atoms with E-state index in [1.807, 2.05) is 0 Å². The van der Waals surface area contributed by atoms with Gasteiger partial charge >= 0.3 is 6.18 Å². The van der Waals surface area contributed by atoms with Crippen molar-refractivity contribution in [1.82, 2.24) is 9.62 Å². The van der Waals surface area contributed by atoms with Crippen LogP contribution in [0.15, 0.2) is 29.2 Å². The van der Waals surface area contributed by atoms with Crippen LogP contribution in [-0.4, -0.2) is 43.9 Å². The minimum absolute atomic E-state index is 0.0119. The molecule has 1 aromatic carbocycles. The molecule has 9 heteroatoms. The molecular formula is C18H25F3N2O3S. The van der Waals surface area contributed by atoms with Crippen LogP contribution in [0.4, 0.5) is 13.2 Å². The first-order chi connectivity index (χ1) is 12.4. The van der Waals surface area contributed by atoms with Gasteiger partial charge in [0.1, 0.15) is 0 Å². The van der Waals surface area contributed by atoms with E-state index in [0.717, 1.165) is 0 Å². The third-order valence-corrected chi connectivity index (χ3v) is 7.03. The summed E-state index contributed by atoms with van der Waals surface area (Å²) in [4.78, 5) is 12.4. The van der Waals surface area contributed by atoms with Crippen molar-refractivity contribution in [2.75, 3.05) is 7.05 Å². The summed E-state index contributed by atoms with van der Waals surface area (Å²) in [6, 6.07) is 4.11. The van der Waals surface area contributed by atoms with Crippen LogP contribution in [0.5, 0.6) is 0 Å². The Morgan fingerprint density at radius 2 is 1.85 bits per heavy atom. The number of halogens is 3. The average molecular weight is 406 g/mol. The molecule has 0 saturated heterocycles. The lowest BCUT2D eigenvalue weighted by atomic mass is 9.84. The Kier molecular flexibility index (Phi) is 6.57. The molecule has 2 atom stereocenters. The van der Waals surface area contributed by atoms with E-state index in [1.165, 1.54) is 35.6 Å². The van der Waals surface area contributed by atoms with Gasteiger partial charge in [-0.3, -0.25) is 4.79 Å². The topological polar surface area (TPSA) is 66.5 Å². The minimum atomic E-state index is -4.37. The summed E-state index contributed by atoms with van der Waals surface area (Å²) in [5.74, 6) is -2.27. The van der Waals surface area contributed by atoms with E-state index in [-0.39, 0.29) is 29.3 Å². The number of nitrogens with zero attached hydrogens (tertiary/aromatic N) is 1. The second kappa shape index (κ2) is 8.18. The van der Waals surface area contributed by atoms with E-state index >= 15 is 0 Å². The molecule has 1 saturated carbocycles. The molecule has 1 aliphatic rings. The molecule has 2 unspecified atom stereocenters. The molecule has 0 aliphatic heterocycles. The van der Waals surface area contributed by atoms with Crippen molar-refractivity contribution in [3.8, 4) is 0 Å². The monoisotopic (exact) mass is 406 g/mol. The van der Waals surface area contributed by atoms with Crippen LogP contribution in [-0.2, 0) is 10.0 Å². The Hall–Kier alpha value is -1.61. The first-order valence-corrected chi connectivity index (χ1v) is 10.3. The summed E-state index contributed by atoms with van der Waals surface area (Å²) >= 11 is 0. The van der Waals surface area contributed by atoms with Crippen molar-refractivity contribution in [2.45, 2.75) is 62.7 Å². The number of amides is 1. The maximum absolute atomic E-state index is 13.2. The molecule has 1 fully saturated rings. The lowest BCUT2D eigenvalue weighted by Gasteiger charge is -2.33. The van der Waals surface area contributed by atoms with Gasteiger partial charge in [-0.05, 0) is 44.9 Å². The summed E-state index contributed by atoms with van der Waals surface area (Å²) in [5.41, 5.74) is 0.0275. The molecule has 1 N–H and O–H groups in total. The number of alkyl halides is 3. The first-order valence-electron chi connectivity index (χ1n) is 8.90. The molecule has 0 radical (unpaired) electrons. The average Bonchev–Trinajstić information content (AvgIpc) is 2.60. The first kappa shape index (κ1) is 21.7. The van der Waals surface area contributed by atoms with E-state index in [2.05, 4.69) is 5.32 Å². The maximum Gasteiger partial charge on any atom is 0.393 e. The van der Waals surface area contributed by atoms with Crippen LogP contribution >= 0.6 is 0 Å². The number of carbonyl (C=O) groups is 1. The molecule has 0 bridgehead atoms. The van der Waals surface area contributed by atoms with Crippen LogP contribution in [0.2, 0.25) is 0 Å². The van der Waals surface area contributed by atoms with Crippen LogP contribution in [0.1, 0.15) is 49.9 Å². The van der Waals surface area contributed by atoms with Gasteiger partial charge in [0.2, 0.25) is 10.0 Å². The minimum Gasteiger partial charge on any atom is -0.349 e. The van der Waals surface area contributed by atoms with Gasteiger partial charge in [0.15, 0.2) is 0 Å². The molecule has 27 heavy (non-hydrogen) atoms. The molecular weight excluding hydrogens is 381 g/mol. The van der Waals surface area contributed by atoms with Gasteiger partial charge in [-0.15, -0.1) is 0 Å². The Morgan fingerprint density at radius 3 is 2.44 bits per heavy atom. The standard InChI is InChI=1S/C18H25F3N2O3S/c1-12(2)23(3)27(25,26)14-8-6-7-13(11-14)17(24)22-16-10-5-4-9-15(16)18(19,20)21/h6-8,11-12,15-16H,4-5,9-10H2,1-3H3,(H,22,24). The van der Waals surface area contributed by atoms with Gasteiger partial charge in [-0.1, -0.05) is 18.9 Å². The molecule has 0 heterocycles. The van der Waals surface area contributed by atoms with Crippen molar-refractivity contribution in [3.63, 3.8) is 0 Å². The van der Waals surface area contributed by atoms with Gasteiger partial charge in [-0.25, -0.2) is 8.42 Å². The van der Waals surface area contributed by atoms with Crippen molar-refractivity contribution < 1.29 is 26.4 Å². The van der Waals surface area contributed by atoms with Crippen molar-refractivity contribution in [1.29, 1.82) is 0 Å². The number of rotatable bonds is 5. The fourth-order valence-electron chi connectivity index (χ4n) is 3.19. The van der Waals surface area contributed by atoms with Gasteiger partial charge in [-0.2, -0.15) is 17.5 Å². The van der Waals surface area contributed by atoms with Crippen LogP contribution in [0.25, 0.3) is 0 Å². The molecule has 0 spiro atoms. The Labute approximate surface area is 158 Å². The number of hydrogen-bond donors (Lipinski definition) is 1. The number of nitrogens with one attached hydrogen (secondary N) is 1. The fraction of sp³-hybridized carbons (Fsp3) is 0.611. The summed E-state index contributed by atoms with van der Waals surface area (Å²) in [7, 11) is -2.35. The highest BCUT2D eigenvalue weighted by atomic mass is 32.2. The highest BCUT2D eigenvalue weighted by Crippen LogP contribution is 2.37. The molecule has 1 aliphatic carbocycles. The Bertz CT molecular complexity index is 778. The SMILES string of the molecule is CC(C)N(C)S(=O)(=O)c1cccc(C(=O)NC2CCCCC2C(F)(F)F)c1. The van der Waals surface area contributed by atoms with E-state index in [0.29, 0.717) is 12.8 Å². The lowest BCUT2D eigenvalue weighted by molar-refractivity contribution is -0.187.